The summed E-state index contributed by atoms with van der Waals surface area (Å²) in [5.41, 5.74) is 3.83. The van der Waals surface area contributed by atoms with E-state index in [1.165, 1.54) is 51.6 Å². The number of thiophene rings is 1. The number of anilines is 1. The second-order valence-electron chi connectivity index (χ2n) is 7.51. The number of thiazole rings is 1. The molecule has 6 heteroatoms. The fraction of sp³-hybridized carbons (Fsp3) is 0.160. The average Bonchev–Trinajstić information content (AvgIpc) is 3.52. The van der Waals surface area contributed by atoms with Crippen LogP contribution in [0.1, 0.15) is 18.9 Å². The summed E-state index contributed by atoms with van der Waals surface area (Å²) >= 11 is 5.64. The van der Waals surface area contributed by atoms with Crippen molar-refractivity contribution in [3.63, 3.8) is 0 Å². The highest BCUT2D eigenvalue weighted by Gasteiger charge is 2.30. The lowest BCUT2D eigenvalue weighted by molar-refractivity contribution is -0.663. The molecule has 154 valence electrons. The van der Waals surface area contributed by atoms with Gasteiger partial charge in [0.05, 0.1) is 16.8 Å². The van der Waals surface area contributed by atoms with E-state index in [0.29, 0.717) is 0 Å². The van der Waals surface area contributed by atoms with Gasteiger partial charge in [-0.25, -0.2) is 0 Å². The molecule has 0 spiro atoms. The molecular formula is C25H22N3S3+. The number of aryl methyl sites for hydroxylation is 1. The summed E-state index contributed by atoms with van der Waals surface area (Å²) in [5.74, 6) is 0. The lowest BCUT2D eigenvalue weighted by atomic mass is 10.2. The smallest absolute Gasteiger partial charge is 0.280 e. The highest BCUT2D eigenvalue weighted by molar-refractivity contribution is 8.03. The van der Waals surface area contributed by atoms with Gasteiger partial charge in [0.15, 0.2) is 0 Å². The van der Waals surface area contributed by atoms with Crippen LogP contribution in [0.25, 0.3) is 36.9 Å². The largest absolute Gasteiger partial charge is 0.348 e. The van der Waals surface area contributed by atoms with Crippen LogP contribution >= 0.6 is 34.4 Å². The van der Waals surface area contributed by atoms with E-state index in [0.717, 1.165) is 13.1 Å². The number of benzene rings is 2. The summed E-state index contributed by atoms with van der Waals surface area (Å²) in [6, 6.07) is 21.6. The Morgan fingerprint density at radius 2 is 1.81 bits per heavy atom. The highest BCUT2D eigenvalue weighted by Crippen LogP contribution is 2.50. The van der Waals surface area contributed by atoms with Gasteiger partial charge in [0.25, 0.3) is 9.84 Å². The zero-order valence-electron chi connectivity index (χ0n) is 17.4. The number of nitrogens with zero attached hydrogens (tertiary/aromatic N) is 2. The fourth-order valence-corrected chi connectivity index (χ4v) is 8.17. The standard InChI is InChI=1S/C25H22N3S3/c1-3-27-21(31-24-23(27)17-12-8-9-13-18(17)26-24)15-22-28(4-2)25-20(29-22)14-19(30-25)16-10-6-5-7-11-16/h5-15,26H,3-4H2,1-2H3/q+1. The molecule has 0 radical (unpaired) electrons. The minimum Gasteiger partial charge on any atom is -0.348 e. The van der Waals surface area contributed by atoms with Crippen LogP contribution in [0, 0.1) is 0 Å². The Hall–Kier alpha value is -2.54. The molecule has 0 saturated carbocycles. The minimum atomic E-state index is 0.956. The molecule has 3 nitrogen and oxygen atoms in total. The number of H-pyrrole nitrogens is 1. The summed E-state index contributed by atoms with van der Waals surface area (Å²) in [6.45, 7) is 6.40. The summed E-state index contributed by atoms with van der Waals surface area (Å²) in [7, 11) is 0. The van der Waals surface area contributed by atoms with Crippen molar-refractivity contribution in [1.82, 2.24) is 4.98 Å². The van der Waals surface area contributed by atoms with E-state index in [2.05, 4.69) is 95.0 Å². The summed E-state index contributed by atoms with van der Waals surface area (Å²) in [5, 5.41) is 5.17. The zero-order chi connectivity index (χ0) is 20.9. The van der Waals surface area contributed by atoms with E-state index in [1.54, 1.807) is 0 Å². The Balaban J connectivity index is 1.42. The molecule has 4 heterocycles. The van der Waals surface area contributed by atoms with Crippen molar-refractivity contribution in [3.8, 4) is 10.4 Å². The van der Waals surface area contributed by atoms with E-state index < -0.39 is 0 Å². The van der Waals surface area contributed by atoms with Gasteiger partial charge in [0.1, 0.15) is 16.3 Å². The Kier molecular flexibility index (Phi) is 4.67. The molecular weight excluding hydrogens is 438 g/mol. The maximum Gasteiger partial charge on any atom is 0.280 e. The van der Waals surface area contributed by atoms with Crippen molar-refractivity contribution in [2.75, 3.05) is 11.4 Å². The van der Waals surface area contributed by atoms with E-state index in [-0.39, 0.29) is 0 Å². The molecule has 0 amide bonds. The van der Waals surface area contributed by atoms with Gasteiger partial charge in [-0.15, -0.1) is 0 Å². The number of fused-ring (bicyclic) bond motifs is 4. The molecule has 1 N–H and O–H groups in total. The number of hydrogen-bond acceptors (Lipinski definition) is 4. The van der Waals surface area contributed by atoms with Gasteiger partial charge in [-0.2, -0.15) is 4.57 Å². The number of hydrogen-bond donors (Lipinski definition) is 1. The van der Waals surface area contributed by atoms with E-state index >= 15 is 0 Å². The first-order valence-electron chi connectivity index (χ1n) is 10.6. The number of nitrogens with one attached hydrogen (secondary N) is 1. The number of aromatic nitrogens is 2. The Morgan fingerprint density at radius 3 is 2.61 bits per heavy atom. The molecule has 0 atom stereocenters. The van der Waals surface area contributed by atoms with Crippen molar-refractivity contribution in [2.45, 2.75) is 25.4 Å². The Labute approximate surface area is 193 Å². The van der Waals surface area contributed by atoms with Crippen molar-refractivity contribution < 1.29 is 4.57 Å². The van der Waals surface area contributed by atoms with E-state index in [9.17, 15) is 0 Å². The number of thioether (sulfide) groups is 1. The third kappa shape index (κ3) is 3.04. The maximum absolute atomic E-state index is 3.61. The quantitative estimate of drug-likeness (QED) is 0.283. The van der Waals surface area contributed by atoms with Crippen molar-refractivity contribution >= 4 is 66.6 Å². The van der Waals surface area contributed by atoms with Crippen LogP contribution in [0.5, 0.6) is 0 Å². The molecule has 6 rings (SSSR count). The van der Waals surface area contributed by atoms with Crippen LogP contribution < -0.4 is 9.47 Å². The van der Waals surface area contributed by atoms with Crippen LogP contribution in [-0.2, 0) is 6.54 Å². The van der Waals surface area contributed by atoms with Gasteiger partial charge in [0, 0.05) is 22.3 Å². The predicted octanol–water partition coefficient (Wildman–Crippen LogP) is 7.35. The number of rotatable bonds is 4. The third-order valence-corrected chi connectivity index (χ3v) is 9.19. The SMILES string of the molecule is CCN1/C(=C/c2sc3cc(-c4ccccc4)sc3[n+]2CC)Sc2[nH]c3ccccc3c21. The molecule has 1 aliphatic heterocycles. The van der Waals surface area contributed by atoms with Gasteiger partial charge in [-0.3, -0.25) is 0 Å². The molecule has 2 aromatic carbocycles. The monoisotopic (exact) mass is 460 g/mol. The average molecular weight is 461 g/mol. The lowest BCUT2D eigenvalue weighted by Crippen LogP contribution is -2.33. The fourth-order valence-electron chi connectivity index (χ4n) is 4.29. The van der Waals surface area contributed by atoms with Crippen LogP contribution in [0.2, 0.25) is 0 Å². The summed E-state index contributed by atoms with van der Waals surface area (Å²) < 4.78 is 3.83. The molecule has 0 saturated heterocycles. The maximum atomic E-state index is 3.61. The number of aromatic amines is 1. The van der Waals surface area contributed by atoms with Crippen LogP contribution in [0.15, 0.2) is 70.7 Å². The highest BCUT2D eigenvalue weighted by atomic mass is 32.2. The first kappa shape index (κ1) is 19.2. The molecule has 0 unspecified atom stereocenters. The topological polar surface area (TPSA) is 22.9 Å². The van der Waals surface area contributed by atoms with Crippen molar-refractivity contribution in [2.24, 2.45) is 0 Å². The third-order valence-electron chi connectivity index (χ3n) is 5.73. The van der Waals surface area contributed by atoms with Crippen LogP contribution in [0.4, 0.5) is 5.69 Å². The number of para-hydroxylation sites is 1. The molecule has 5 aromatic rings. The molecule has 0 aliphatic carbocycles. The van der Waals surface area contributed by atoms with Gasteiger partial charge >= 0.3 is 0 Å². The first-order chi connectivity index (χ1) is 15.3. The van der Waals surface area contributed by atoms with Gasteiger partial charge in [-0.1, -0.05) is 83.0 Å². The van der Waals surface area contributed by atoms with Crippen molar-refractivity contribution in [3.05, 3.63) is 70.7 Å². The van der Waals surface area contributed by atoms with E-state index in [1.807, 2.05) is 34.4 Å². The molecule has 0 fully saturated rings. The zero-order valence-corrected chi connectivity index (χ0v) is 19.8. The second kappa shape index (κ2) is 7.55. The first-order valence-corrected chi connectivity index (χ1v) is 13.0. The summed E-state index contributed by atoms with van der Waals surface area (Å²) in [6.07, 6.45) is 2.37. The molecule has 3 aromatic heterocycles. The lowest BCUT2D eigenvalue weighted by Gasteiger charge is -2.17. The molecule has 1 aliphatic rings. The second-order valence-corrected chi connectivity index (χ2v) is 10.6. The minimum absolute atomic E-state index is 0.956. The predicted molar refractivity (Wildman–Crippen MR) is 136 cm³/mol. The Morgan fingerprint density at radius 1 is 1.00 bits per heavy atom. The Bertz CT molecular complexity index is 1440. The van der Waals surface area contributed by atoms with Crippen LogP contribution in [0.3, 0.4) is 0 Å². The normalized spacial score (nSPS) is 14.9. The van der Waals surface area contributed by atoms with Gasteiger partial charge < -0.3 is 9.88 Å². The molecule has 0 bridgehead atoms. The molecule has 31 heavy (non-hydrogen) atoms. The summed E-state index contributed by atoms with van der Waals surface area (Å²) in [4.78, 5) is 8.77. The van der Waals surface area contributed by atoms with E-state index in [4.69, 9.17) is 0 Å². The van der Waals surface area contributed by atoms with Crippen LogP contribution in [-0.4, -0.2) is 11.5 Å². The van der Waals surface area contributed by atoms with Crippen molar-refractivity contribution in [1.29, 1.82) is 0 Å². The van der Waals surface area contributed by atoms with Gasteiger partial charge in [-0.05, 0) is 31.5 Å². The van der Waals surface area contributed by atoms with Gasteiger partial charge in [0.2, 0.25) is 0 Å².